The third-order valence-electron chi connectivity index (χ3n) is 3.80. The third-order valence-corrected chi connectivity index (χ3v) is 3.80. The zero-order valence-electron chi connectivity index (χ0n) is 11.6. The summed E-state index contributed by atoms with van der Waals surface area (Å²) in [5.41, 5.74) is 3.62. The number of hydrogen-bond donors (Lipinski definition) is 0. The van der Waals surface area contributed by atoms with Crippen LogP contribution in [0.1, 0.15) is 25.5 Å². The Morgan fingerprint density at radius 3 is 2.86 bits per heavy atom. The first-order valence-electron chi connectivity index (χ1n) is 7.28. The predicted molar refractivity (Wildman–Crippen MR) is 79.6 cm³/mol. The number of hydrogen-bond acceptors (Lipinski definition) is 4. The summed E-state index contributed by atoms with van der Waals surface area (Å²) in [5.74, 6) is 0. The van der Waals surface area contributed by atoms with Gasteiger partial charge in [-0.2, -0.15) is 5.10 Å². The number of para-hydroxylation sites is 2. The fourth-order valence-corrected chi connectivity index (χ4v) is 2.66. The van der Waals surface area contributed by atoms with Crippen molar-refractivity contribution in [2.24, 2.45) is 0 Å². The van der Waals surface area contributed by atoms with Crippen molar-refractivity contribution in [1.82, 2.24) is 19.7 Å². The second-order valence-electron chi connectivity index (χ2n) is 5.27. The number of ether oxygens (including phenoxy) is 1. The van der Waals surface area contributed by atoms with Crippen LogP contribution in [0.15, 0.2) is 42.9 Å². The zero-order chi connectivity index (χ0) is 14.1. The van der Waals surface area contributed by atoms with Gasteiger partial charge in [0.1, 0.15) is 6.23 Å². The first kappa shape index (κ1) is 12.5. The highest BCUT2D eigenvalue weighted by molar-refractivity contribution is 5.76. The van der Waals surface area contributed by atoms with Crippen LogP contribution >= 0.6 is 0 Å². The third kappa shape index (κ3) is 2.40. The monoisotopic (exact) mass is 280 g/mol. The predicted octanol–water partition coefficient (Wildman–Crippen LogP) is 3.19. The molecular formula is C16H16N4O. The van der Waals surface area contributed by atoms with Crippen LogP contribution in [0.5, 0.6) is 0 Å². The van der Waals surface area contributed by atoms with Gasteiger partial charge in [0.2, 0.25) is 0 Å². The van der Waals surface area contributed by atoms with Crippen LogP contribution < -0.4 is 0 Å². The normalized spacial score (nSPS) is 19.0. The van der Waals surface area contributed by atoms with Gasteiger partial charge in [-0.15, -0.1) is 0 Å². The number of nitrogens with zero attached hydrogens (tertiary/aromatic N) is 4. The molecule has 1 aromatic carbocycles. The quantitative estimate of drug-likeness (QED) is 0.723. The van der Waals surface area contributed by atoms with Crippen LogP contribution in [0.25, 0.3) is 22.3 Å². The first-order valence-corrected chi connectivity index (χ1v) is 7.28. The molecule has 1 saturated heterocycles. The minimum absolute atomic E-state index is 0.0564. The van der Waals surface area contributed by atoms with Crippen molar-refractivity contribution in [2.75, 3.05) is 6.61 Å². The molecule has 1 atom stereocenters. The van der Waals surface area contributed by atoms with Crippen molar-refractivity contribution < 1.29 is 4.74 Å². The Morgan fingerprint density at radius 1 is 1.10 bits per heavy atom. The lowest BCUT2D eigenvalue weighted by atomic mass is 10.2. The number of aromatic nitrogens is 4. The summed E-state index contributed by atoms with van der Waals surface area (Å²) in [6, 6.07) is 7.88. The van der Waals surface area contributed by atoms with Crippen molar-refractivity contribution in [3.05, 3.63) is 42.9 Å². The average Bonchev–Trinajstić information content (AvgIpc) is 3.05. The lowest BCUT2D eigenvalue weighted by molar-refractivity contribution is -0.0394. The van der Waals surface area contributed by atoms with E-state index in [0.29, 0.717) is 0 Å². The summed E-state index contributed by atoms with van der Waals surface area (Å²) in [4.78, 5) is 9.10. The summed E-state index contributed by atoms with van der Waals surface area (Å²) in [7, 11) is 0. The molecule has 5 heteroatoms. The molecule has 0 amide bonds. The van der Waals surface area contributed by atoms with Crippen LogP contribution in [-0.2, 0) is 4.74 Å². The van der Waals surface area contributed by atoms with E-state index in [0.717, 1.165) is 41.7 Å². The molecule has 2 aromatic heterocycles. The lowest BCUT2D eigenvalue weighted by Crippen LogP contribution is -2.18. The summed E-state index contributed by atoms with van der Waals surface area (Å²) >= 11 is 0. The summed E-state index contributed by atoms with van der Waals surface area (Å²) in [5, 5.41) is 4.42. The summed E-state index contributed by atoms with van der Waals surface area (Å²) < 4.78 is 7.64. The van der Waals surface area contributed by atoms with E-state index < -0.39 is 0 Å². The Hall–Kier alpha value is -2.27. The van der Waals surface area contributed by atoms with Crippen LogP contribution in [-0.4, -0.2) is 26.4 Å². The molecule has 3 aromatic rings. The maximum absolute atomic E-state index is 5.75. The van der Waals surface area contributed by atoms with Crippen molar-refractivity contribution >= 4 is 11.0 Å². The van der Waals surface area contributed by atoms with E-state index in [2.05, 4.69) is 15.1 Å². The van der Waals surface area contributed by atoms with E-state index in [-0.39, 0.29) is 6.23 Å². The van der Waals surface area contributed by atoms with Gasteiger partial charge in [-0.3, -0.25) is 4.98 Å². The highest BCUT2D eigenvalue weighted by Gasteiger charge is 2.17. The molecule has 5 nitrogen and oxygen atoms in total. The molecule has 0 spiro atoms. The second-order valence-corrected chi connectivity index (χ2v) is 5.27. The molecule has 21 heavy (non-hydrogen) atoms. The molecule has 1 unspecified atom stereocenters. The lowest BCUT2D eigenvalue weighted by Gasteiger charge is -2.22. The van der Waals surface area contributed by atoms with Crippen LogP contribution in [0.2, 0.25) is 0 Å². The van der Waals surface area contributed by atoms with Crippen LogP contribution in [0.4, 0.5) is 0 Å². The Balaban J connectivity index is 1.67. The molecule has 3 heterocycles. The van der Waals surface area contributed by atoms with E-state index in [4.69, 9.17) is 4.74 Å². The van der Waals surface area contributed by atoms with Gasteiger partial charge in [-0.25, -0.2) is 9.67 Å². The van der Waals surface area contributed by atoms with E-state index in [1.165, 1.54) is 6.42 Å². The number of fused-ring (bicyclic) bond motifs is 1. The fourth-order valence-electron chi connectivity index (χ4n) is 2.66. The van der Waals surface area contributed by atoms with Gasteiger partial charge in [0.15, 0.2) is 0 Å². The fraction of sp³-hybridized carbons (Fsp3) is 0.312. The highest BCUT2D eigenvalue weighted by Crippen LogP contribution is 2.24. The Kier molecular flexibility index (Phi) is 3.12. The van der Waals surface area contributed by atoms with Gasteiger partial charge in [0.05, 0.1) is 29.1 Å². The smallest absolute Gasteiger partial charge is 0.150 e. The van der Waals surface area contributed by atoms with Crippen molar-refractivity contribution in [3.8, 4) is 11.3 Å². The summed E-state index contributed by atoms with van der Waals surface area (Å²) in [6.07, 6.45) is 9.03. The standard InChI is InChI=1S/C16H16N4O/c1-2-6-14-13(5-1)17-10-15(19-14)12-9-18-20(11-12)16-7-3-4-8-21-16/h1-2,5-6,9-11,16H,3-4,7-8H2. The van der Waals surface area contributed by atoms with Gasteiger partial charge in [0, 0.05) is 18.4 Å². The van der Waals surface area contributed by atoms with E-state index in [1.807, 2.05) is 41.3 Å². The van der Waals surface area contributed by atoms with Gasteiger partial charge in [-0.05, 0) is 31.4 Å². The van der Waals surface area contributed by atoms with Gasteiger partial charge < -0.3 is 4.74 Å². The minimum atomic E-state index is 0.0564. The summed E-state index contributed by atoms with van der Waals surface area (Å²) in [6.45, 7) is 0.815. The number of rotatable bonds is 2. The first-order chi connectivity index (χ1) is 10.4. The SMILES string of the molecule is c1ccc2nc(-c3cnn(C4CCCCO4)c3)cnc2c1. The second kappa shape index (κ2) is 5.26. The van der Waals surface area contributed by atoms with Crippen LogP contribution in [0, 0.1) is 0 Å². The largest absolute Gasteiger partial charge is 0.357 e. The maximum Gasteiger partial charge on any atom is 0.150 e. The molecule has 0 radical (unpaired) electrons. The molecule has 0 bridgehead atoms. The van der Waals surface area contributed by atoms with Crippen molar-refractivity contribution in [3.63, 3.8) is 0 Å². The van der Waals surface area contributed by atoms with Gasteiger partial charge in [0.25, 0.3) is 0 Å². The molecule has 0 aliphatic carbocycles. The molecule has 4 rings (SSSR count). The maximum atomic E-state index is 5.75. The topological polar surface area (TPSA) is 52.8 Å². The van der Waals surface area contributed by atoms with Gasteiger partial charge >= 0.3 is 0 Å². The molecular weight excluding hydrogens is 264 g/mol. The van der Waals surface area contributed by atoms with E-state index >= 15 is 0 Å². The Labute approximate surface area is 122 Å². The minimum Gasteiger partial charge on any atom is -0.357 e. The molecule has 1 aliphatic heterocycles. The van der Waals surface area contributed by atoms with E-state index in [9.17, 15) is 0 Å². The Morgan fingerprint density at radius 2 is 2.00 bits per heavy atom. The van der Waals surface area contributed by atoms with Crippen molar-refractivity contribution in [2.45, 2.75) is 25.5 Å². The van der Waals surface area contributed by atoms with Crippen LogP contribution in [0.3, 0.4) is 0 Å². The molecule has 0 saturated carbocycles. The number of benzene rings is 1. The highest BCUT2D eigenvalue weighted by atomic mass is 16.5. The molecule has 1 fully saturated rings. The van der Waals surface area contributed by atoms with Crippen molar-refractivity contribution in [1.29, 1.82) is 0 Å². The Bertz CT molecular complexity index is 762. The average molecular weight is 280 g/mol. The molecule has 0 N–H and O–H groups in total. The molecule has 1 aliphatic rings. The van der Waals surface area contributed by atoms with Gasteiger partial charge in [-0.1, -0.05) is 12.1 Å². The van der Waals surface area contributed by atoms with E-state index in [1.54, 1.807) is 6.20 Å². The molecule has 106 valence electrons. The zero-order valence-corrected chi connectivity index (χ0v) is 11.6.